The molecule has 0 heterocycles. The zero-order chi connectivity index (χ0) is 20.6. The lowest BCUT2D eigenvalue weighted by molar-refractivity contribution is -0.140. The number of hydrogen-bond donors (Lipinski definition) is 1. The molecule has 0 aliphatic heterocycles. The third-order valence-electron chi connectivity index (χ3n) is 4.86. The summed E-state index contributed by atoms with van der Waals surface area (Å²) < 4.78 is 0. The van der Waals surface area contributed by atoms with Crippen molar-refractivity contribution in [3.05, 3.63) is 107 Å². The van der Waals surface area contributed by atoms with Crippen molar-refractivity contribution in [2.24, 2.45) is 0 Å². The average Bonchev–Trinajstić information content (AvgIpc) is 2.74. The Morgan fingerprint density at radius 2 is 1.41 bits per heavy atom. The molecule has 0 spiro atoms. The van der Waals surface area contributed by atoms with Gasteiger partial charge in [0, 0.05) is 20.0 Å². The molecule has 148 valence electrons. The van der Waals surface area contributed by atoms with Crippen LogP contribution >= 0.6 is 0 Å². The number of carbonyl (C=O) groups excluding carboxylic acids is 2. The van der Waals surface area contributed by atoms with Crippen molar-refractivity contribution in [1.82, 2.24) is 10.2 Å². The summed E-state index contributed by atoms with van der Waals surface area (Å²) in [7, 11) is 0. The van der Waals surface area contributed by atoms with E-state index in [4.69, 9.17) is 0 Å². The lowest BCUT2D eigenvalue weighted by Gasteiger charge is -2.30. The van der Waals surface area contributed by atoms with Crippen LogP contribution in [0.25, 0.3) is 0 Å². The minimum absolute atomic E-state index is 0.145. The van der Waals surface area contributed by atoms with Gasteiger partial charge >= 0.3 is 0 Å². The van der Waals surface area contributed by atoms with Gasteiger partial charge in [0.25, 0.3) is 0 Å². The van der Waals surface area contributed by atoms with Crippen molar-refractivity contribution in [2.45, 2.75) is 33.0 Å². The molecule has 2 amide bonds. The Bertz CT molecular complexity index is 938. The molecule has 0 bridgehead atoms. The Labute approximate surface area is 172 Å². The third kappa shape index (κ3) is 5.55. The van der Waals surface area contributed by atoms with Gasteiger partial charge in [-0.1, -0.05) is 90.5 Å². The van der Waals surface area contributed by atoms with Gasteiger partial charge in [0.2, 0.25) is 11.8 Å². The Hall–Kier alpha value is -3.40. The predicted octanol–water partition coefficient (Wildman–Crippen LogP) is 4.40. The van der Waals surface area contributed by atoms with Gasteiger partial charge in [-0.2, -0.15) is 0 Å². The fourth-order valence-electron chi connectivity index (χ4n) is 3.26. The van der Waals surface area contributed by atoms with E-state index < -0.39 is 6.04 Å². The molecule has 0 aromatic heterocycles. The number of rotatable bonds is 7. The van der Waals surface area contributed by atoms with Gasteiger partial charge in [-0.15, -0.1) is 0 Å². The zero-order valence-electron chi connectivity index (χ0n) is 16.8. The van der Waals surface area contributed by atoms with Crippen LogP contribution in [0.4, 0.5) is 0 Å². The van der Waals surface area contributed by atoms with Crippen LogP contribution in [0.3, 0.4) is 0 Å². The number of benzene rings is 3. The van der Waals surface area contributed by atoms with E-state index in [0.29, 0.717) is 13.1 Å². The van der Waals surface area contributed by atoms with Crippen LogP contribution in [-0.4, -0.2) is 16.7 Å². The second-order valence-electron chi connectivity index (χ2n) is 7.15. The van der Waals surface area contributed by atoms with E-state index in [-0.39, 0.29) is 11.8 Å². The molecule has 1 N–H and O–H groups in total. The summed E-state index contributed by atoms with van der Waals surface area (Å²) in [5.41, 5.74) is 3.97. The minimum Gasteiger partial charge on any atom is -0.350 e. The highest BCUT2D eigenvalue weighted by Gasteiger charge is 2.29. The van der Waals surface area contributed by atoms with Gasteiger partial charge in [-0.25, -0.2) is 0 Å². The Balaban J connectivity index is 1.85. The topological polar surface area (TPSA) is 49.4 Å². The third-order valence-corrected chi connectivity index (χ3v) is 4.86. The predicted molar refractivity (Wildman–Crippen MR) is 115 cm³/mol. The first kappa shape index (κ1) is 20.3. The molecule has 29 heavy (non-hydrogen) atoms. The molecule has 0 radical (unpaired) electrons. The van der Waals surface area contributed by atoms with Crippen LogP contribution in [0.5, 0.6) is 0 Å². The Morgan fingerprint density at radius 3 is 2.00 bits per heavy atom. The molecular weight excluding hydrogens is 360 g/mol. The maximum Gasteiger partial charge on any atom is 0.247 e. The van der Waals surface area contributed by atoms with Gasteiger partial charge in [0.1, 0.15) is 6.04 Å². The highest BCUT2D eigenvalue weighted by molar-refractivity contribution is 5.88. The summed E-state index contributed by atoms with van der Waals surface area (Å²) in [5.74, 6) is -0.337. The van der Waals surface area contributed by atoms with Crippen molar-refractivity contribution in [2.75, 3.05) is 0 Å². The number of hydrogen-bond acceptors (Lipinski definition) is 2. The molecule has 0 unspecified atom stereocenters. The molecule has 0 saturated heterocycles. The van der Waals surface area contributed by atoms with E-state index in [1.165, 1.54) is 12.5 Å². The summed E-state index contributed by atoms with van der Waals surface area (Å²) in [5, 5.41) is 3.01. The number of carbonyl (C=O) groups is 2. The van der Waals surface area contributed by atoms with Crippen molar-refractivity contribution in [3.63, 3.8) is 0 Å². The molecule has 4 nitrogen and oxygen atoms in total. The number of nitrogens with zero attached hydrogens (tertiary/aromatic N) is 1. The molecular formula is C25H26N2O2. The molecule has 4 heteroatoms. The smallest absolute Gasteiger partial charge is 0.247 e. The lowest BCUT2D eigenvalue weighted by atomic mass is 10.0. The molecule has 1 atom stereocenters. The van der Waals surface area contributed by atoms with E-state index in [1.807, 2.05) is 91.9 Å². The number of aryl methyl sites for hydroxylation is 1. The second kappa shape index (κ2) is 9.69. The first-order chi connectivity index (χ1) is 14.0. The van der Waals surface area contributed by atoms with E-state index in [1.54, 1.807) is 4.90 Å². The largest absolute Gasteiger partial charge is 0.350 e. The number of nitrogens with one attached hydrogen (secondary N) is 1. The molecule has 0 aliphatic carbocycles. The highest BCUT2D eigenvalue weighted by atomic mass is 16.2. The van der Waals surface area contributed by atoms with Crippen molar-refractivity contribution in [1.29, 1.82) is 0 Å². The zero-order valence-corrected chi connectivity index (χ0v) is 16.8. The maximum absolute atomic E-state index is 13.2. The van der Waals surface area contributed by atoms with Crippen molar-refractivity contribution >= 4 is 11.8 Å². The first-order valence-corrected chi connectivity index (χ1v) is 9.74. The number of amides is 2. The van der Waals surface area contributed by atoms with Crippen molar-refractivity contribution in [3.8, 4) is 0 Å². The standard InChI is InChI=1S/C25H26N2O2/c1-19-13-15-21(16-14-19)17-26-25(29)24(23-11-7-4-8-12-23)27(20(2)28)18-22-9-5-3-6-10-22/h3-16,24H,17-18H2,1-2H3,(H,26,29)/t24-/m0/s1. The quantitative estimate of drug-likeness (QED) is 0.654. The summed E-state index contributed by atoms with van der Waals surface area (Å²) in [6.45, 7) is 4.32. The highest BCUT2D eigenvalue weighted by Crippen LogP contribution is 2.24. The SMILES string of the molecule is CC(=O)N(Cc1ccccc1)[C@H](C(=O)NCc1ccc(C)cc1)c1ccccc1. The van der Waals surface area contributed by atoms with Gasteiger partial charge < -0.3 is 10.2 Å². The first-order valence-electron chi connectivity index (χ1n) is 9.74. The fourth-order valence-corrected chi connectivity index (χ4v) is 3.26. The summed E-state index contributed by atoms with van der Waals surface area (Å²) in [6, 6.07) is 26.5. The minimum atomic E-state index is -0.695. The monoisotopic (exact) mass is 386 g/mol. The lowest BCUT2D eigenvalue weighted by Crippen LogP contribution is -2.42. The Morgan fingerprint density at radius 1 is 0.828 bits per heavy atom. The van der Waals surface area contributed by atoms with Crippen LogP contribution in [0.1, 0.15) is 35.2 Å². The molecule has 3 aromatic carbocycles. The van der Waals surface area contributed by atoms with Crippen LogP contribution in [-0.2, 0) is 22.7 Å². The Kier molecular flexibility index (Phi) is 6.80. The van der Waals surface area contributed by atoms with Gasteiger partial charge in [-0.3, -0.25) is 9.59 Å². The van der Waals surface area contributed by atoms with E-state index in [2.05, 4.69) is 5.32 Å². The van der Waals surface area contributed by atoms with Gasteiger partial charge in [0.05, 0.1) is 0 Å². The summed E-state index contributed by atoms with van der Waals surface area (Å²) in [4.78, 5) is 27.4. The van der Waals surface area contributed by atoms with Crippen LogP contribution < -0.4 is 5.32 Å². The molecule has 0 fully saturated rings. The normalized spacial score (nSPS) is 11.5. The van der Waals surface area contributed by atoms with Crippen LogP contribution in [0, 0.1) is 6.92 Å². The average molecular weight is 386 g/mol. The van der Waals surface area contributed by atoms with E-state index >= 15 is 0 Å². The molecule has 3 aromatic rings. The van der Waals surface area contributed by atoms with Crippen LogP contribution in [0.15, 0.2) is 84.9 Å². The maximum atomic E-state index is 13.2. The van der Waals surface area contributed by atoms with Gasteiger partial charge in [-0.05, 0) is 23.6 Å². The summed E-state index contributed by atoms with van der Waals surface area (Å²) >= 11 is 0. The van der Waals surface area contributed by atoms with Crippen LogP contribution in [0.2, 0.25) is 0 Å². The molecule has 3 rings (SSSR count). The van der Waals surface area contributed by atoms with E-state index in [9.17, 15) is 9.59 Å². The van der Waals surface area contributed by atoms with E-state index in [0.717, 1.165) is 16.7 Å². The van der Waals surface area contributed by atoms with Crippen molar-refractivity contribution < 1.29 is 9.59 Å². The van der Waals surface area contributed by atoms with Gasteiger partial charge in [0.15, 0.2) is 0 Å². The summed E-state index contributed by atoms with van der Waals surface area (Å²) in [6.07, 6.45) is 0. The molecule has 0 aliphatic rings. The fraction of sp³-hybridized carbons (Fsp3) is 0.200. The second-order valence-corrected chi connectivity index (χ2v) is 7.15. The molecule has 0 saturated carbocycles.